The van der Waals surface area contributed by atoms with Gasteiger partial charge in [-0.05, 0) is 193 Å². The van der Waals surface area contributed by atoms with E-state index in [1.165, 1.54) is 110 Å². The first kappa shape index (κ1) is 90.2. The lowest BCUT2D eigenvalue weighted by Crippen LogP contribution is -1.97. The van der Waals surface area contributed by atoms with Crippen molar-refractivity contribution in [3.8, 4) is 176 Å². The quantitative estimate of drug-likeness (QED) is 0.0255. The number of hydrogen-bond acceptors (Lipinski definition) is 30. The van der Waals surface area contributed by atoms with Crippen LogP contribution in [0.25, 0.3) is 150 Å². The predicted molar refractivity (Wildman–Crippen MR) is 512 cm³/mol. The van der Waals surface area contributed by atoms with Gasteiger partial charge in [-0.25, -0.2) is 15.0 Å². The van der Waals surface area contributed by atoms with E-state index in [2.05, 4.69) is 128 Å². The third-order valence-electron chi connectivity index (χ3n) is 20.2. The molecule has 16 aromatic heterocycles. The van der Waals surface area contributed by atoms with Crippen molar-refractivity contribution in [3.63, 3.8) is 0 Å². The zero-order chi connectivity index (χ0) is 89.4. The minimum atomic E-state index is 0.275. The summed E-state index contributed by atoms with van der Waals surface area (Å²) in [5, 5.41) is 8.52. The minimum absolute atomic E-state index is 0.275. The third kappa shape index (κ3) is 22.3. The van der Waals surface area contributed by atoms with Crippen LogP contribution in [0.15, 0.2) is 217 Å². The van der Waals surface area contributed by atoms with Gasteiger partial charge in [0.2, 0.25) is 0 Å². The Morgan fingerprint density at radius 1 is 0.326 bits per heavy atom. The van der Waals surface area contributed by atoms with E-state index in [9.17, 15) is 28.8 Å². The molecule has 0 saturated carbocycles. The van der Waals surface area contributed by atoms with Gasteiger partial charge in [-0.3, -0.25) is 58.7 Å². The van der Waals surface area contributed by atoms with Crippen molar-refractivity contribution in [2.45, 2.75) is 105 Å². The second-order valence-electron chi connectivity index (χ2n) is 29.0. The first-order chi connectivity index (χ1) is 63.3. The van der Waals surface area contributed by atoms with E-state index in [0.29, 0.717) is 149 Å². The summed E-state index contributed by atoms with van der Waals surface area (Å²) in [6.07, 6.45) is 22.8. The monoisotopic (exact) mass is 1850 g/mol. The van der Waals surface area contributed by atoms with Crippen molar-refractivity contribution in [1.82, 2.24) is 44.9 Å². The Morgan fingerprint density at radius 2 is 0.806 bits per heavy atom. The van der Waals surface area contributed by atoms with Crippen molar-refractivity contribution < 1.29 is 66.7 Å². The van der Waals surface area contributed by atoms with E-state index in [1.807, 2.05) is 66.0 Å². The lowest BCUT2D eigenvalue weighted by atomic mass is 10.0. The van der Waals surface area contributed by atoms with E-state index >= 15 is 0 Å². The van der Waals surface area contributed by atoms with Crippen LogP contribution in [0.5, 0.6) is 46.0 Å². The first-order valence-corrected chi connectivity index (χ1v) is 47.4. The van der Waals surface area contributed by atoms with Crippen LogP contribution in [0.3, 0.4) is 0 Å². The number of fused-ring (bicyclic) bond motifs is 2. The van der Waals surface area contributed by atoms with Gasteiger partial charge in [0.15, 0.2) is 0 Å². The Morgan fingerprint density at radius 3 is 1.33 bits per heavy atom. The molecule has 0 aliphatic carbocycles. The summed E-state index contributed by atoms with van der Waals surface area (Å²) in [5.74, 6) is 3.67. The van der Waals surface area contributed by atoms with Gasteiger partial charge in [-0.15, -0.1) is 79.4 Å². The molecule has 17 aromatic rings. The summed E-state index contributed by atoms with van der Waals surface area (Å²) in [5.41, 5.74) is 12.7. The fourth-order valence-electron chi connectivity index (χ4n) is 14.4. The molecule has 0 unspecified atom stereocenters. The maximum Gasteiger partial charge on any atom is 0.298 e. The Bertz CT molecular complexity index is 6800. The van der Waals surface area contributed by atoms with E-state index in [-0.39, 0.29) is 5.75 Å². The molecule has 23 nitrogen and oxygen atoms in total. The number of unbranched alkanes of at least 4 members (excludes halogenated alkanes) is 6. The van der Waals surface area contributed by atoms with Gasteiger partial charge in [0.25, 0.3) is 38.8 Å². The number of carbonyl (C=O) groups is 6. The Labute approximate surface area is 771 Å². The highest BCUT2D eigenvalue weighted by molar-refractivity contribution is 7.27. The number of pyridine rings is 9. The van der Waals surface area contributed by atoms with Gasteiger partial charge in [-0.1, -0.05) is 65.4 Å². The van der Waals surface area contributed by atoms with Crippen molar-refractivity contribution in [2.75, 3.05) is 13.2 Å². The average Bonchev–Trinajstić information content (AvgIpc) is 1.59. The molecule has 30 heteroatoms. The number of ether oxygens (including phenoxy) is 8. The van der Waals surface area contributed by atoms with Crippen molar-refractivity contribution >= 4 is 138 Å². The highest BCUT2D eigenvalue weighted by Crippen LogP contribution is 2.53. The second-order valence-corrected chi connectivity index (χ2v) is 36.3. The highest BCUT2D eigenvalue weighted by Gasteiger charge is 2.25. The highest BCUT2D eigenvalue weighted by atomic mass is 32.1. The number of aromatic nitrogens is 9. The average molecular weight is 1850 g/mol. The lowest BCUT2D eigenvalue weighted by Gasteiger charge is -2.12. The van der Waals surface area contributed by atoms with Gasteiger partial charge >= 0.3 is 0 Å². The SMILES string of the molecule is CCCCCCc1cc(-c2ccnc(-c3cc(OC=O)cc(-c4cc(OC=O)ccn4)n3)c2)c(-c2cccs2)s1.CCCCCCc1cc(C)sc1-c1cc(-c2ccnc(-c3cc(OC=O)cc(-c4cc(OC=O)ccn4)n3)c2)cs1.CCCOc1c2ccsc2c(OCC)c2cc(-c3ccc(-c4ccnc(-c5cc(OC=O)cc(-c6cc(OC=O)ccn6)n5)c4)s3)sc12. The van der Waals surface area contributed by atoms with Crippen molar-refractivity contribution in [1.29, 1.82) is 0 Å². The zero-order valence-corrected chi connectivity index (χ0v) is 76.3. The Balaban J connectivity index is 0.000000149. The molecule has 0 spiro atoms. The standard InChI is InChI=1S/C36H27N3O6S3.C32H29N3O4S2.C31H27N3O4S2/c1-3-12-43-33-24-9-13-46-35(24)34(42-4-2)25-18-32(48-36(25)33)31-6-5-30(47-31)21-7-10-37-26(14-21)28-16-23(45-20-41)17-29(39-28)27-15-22(44-19-40)8-11-38-27;1-3-4-5-6-7-23-12-21(2)41-32(23)31-14-24(18-40-31)22-8-10-33-27(13-22)29-16-26(39-20-37)17-30(35-29)28-15-25(38-19-36)9-11-34-28;1-2-3-4-5-7-24-18-25(31(40-24)30-8-6-13-39-30)21-9-11-32-26(14-21)28-16-23(38-20-36)17-29(34-28)27-15-22(37-19-35)10-12-33-27/h5-11,13-20H,3-4,12H2,1-2H3;8-20H,3-7H2,1-2H3;6,8-20H,2-5,7H2,1H3. The molecule has 0 aliphatic rings. The fourth-order valence-corrected chi connectivity index (χ4v) is 21.7. The number of carbonyl (C=O) groups excluding carboxylic acids is 6. The van der Waals surface area contributed by atoms with Crippen LogP contribution in [0.4, 0.5) is 0 Å². The predicted octanol–water partition coefficient (Wildman–Crippen LogP) is 25.3. The molecular weight excluding hydrogens is 1760 g/mol. The number of thiophene rings is 7. The molecule has 0 bridgehead atoms. The number of benzene rings is 1. The van der Waals surface area contributed by atoms with Gasteiger partial charge < -0.3 is 37.9 Å². The number of rotatable bonds is 39. The molecule has 129 heavy (non-hydrogen) atoms. The largest absolute Gasteiger partial charge is 0.492 e. The van der Waals surface area contributed by atoms with Crippen LogP contribution in [-0.4, -0.2) is 96.9 Å². The minimum Gasteiger partial charge on any atom is -0.492 e. The van der Waals surface area contributed by atoms with Crippen LogP contribution in [0.1, 0.15) is 101 Å². The summed E-state index contributed by atoms with van der Waals surface area (Å²) >= 11 is 12.3. The third-order valence-corrected chi connectivity index (χ3v) is 28.1. The molecule has 0 aliphatic heterocycles. The Kier molecular flexibility index (Phi) is 30.9. The van der Waals surface area contributed by atoms with E-state index < -0.39 is 0 Å². The fraction of sp³-hybridized carbons (Fsp3) is 0.182. The number of aryl methyl sites for hydroxylation is 3. The summed E-state index contributed by atoms with van der Waals surface area (Å²) in [6, 6.07) is 50.8. The van der Waals surface area contributed by atoms with Gasteiger partial charge in [0, 0.05) is 147 Å². The molecule has 0 fully saturated rings. The van der Waals surface area contributed by atoms with Gasteiger partial charge in [0.05, 0.1) is 95.8 Å². The zero-order valence-electron chi connectivity index (χ0n) is 70.5. The molecule has 0 N–H and O–H groups in total. The normalized spacial score (nSPS) is 11.0. The van der Waals surface area contributed by atoms with Crippen LogP contribution in [-0.2, 0) is 41.6 Å². The van der Waals surface area contributed by atoms with Crippen LogP contribution in [0.2, 0.25) is 0 Å². The van der Waals surface area contributed by atoms with E-state index in [0.717, 1.165) is 87.8 Å². The van der Waals surface area contributed by atoms with Gasteiger partial charge in [-0.2, -0.15) is 0 Å². The number of hydrogen-bond donors (Lipinski definition) is 0. The summed E-state index contributed by atoms with van der Waals surface area (Å²) in [4.78, 5) is 118. The van der Waals surface area contributed by atoms with Crippen LogP contribution < -0.4 is 37.9 Å². The molecule has 17 rings (SSSR count). The summed E-state index contributed by atoms with van der Waals surface area (Å²) in [7, 11) is 0. The summed E-state index contributed by atoms with van der Waals surface area (Å²) < 4.78 is 45.2. The van der Waals surface area contributed by atoms with Crippen LogP contribution in [0, 0.1) is 6.92 Å². The Hall–Kier alpha value is -13.6. The molecule has 650 valence electrons. The maximum atomic E-state index is 11.2. The van der Waals surface area contributed by atoms with Crippen molar-refractivity contribution in [3.05, 3.63) is 232 Å². The molecule has 0 saturated heterocycles. The molecule has 0 atom stereocenters. The van der Waals surface area contributed by atoms with E-state index in [4.69, 9.17) is 52.8 Å². The topological polar surface area (TPSA) is 292 Å². The number of nitrogens with zero attached hydrogens (tertiary/aromatic N) is 9. The van der Waals surface area contributed by atoms with Gasteiger partial charge in [0.1, 0.15) is 46.0 Å². The molecule has 0 radical (unpaired) electrons. The molecular formula is C99H83N9O14S7. The lowest BCUT2D eigenvalue weighted by molar-refractivity contribution is -0.121. The molecule has 1 aromatic carbocycles. The van der Waals surface area contributed by atoms with Crippen LogP contribution >= 0.6 is 79.4 Å². The summed E-state index contributed by atoms with van der Waals surface area (Å²) in [6.45, 7) is 14.1. The smallest absolute Gasteiger partial charge is 0.298 e. The first-order valence-electron chi connectivity index (χ1n) is 41.5. The van der Waals surface area contributed by atoms with Crippen molar-refractivity contribution in [2.24, 2.45) is 0 Å². The second kappa shape index (κ2) is 44.2. The molecule has 16 heterocycles. The maximum absolute atomic E-state index is 11.2. The van der Waals surface area contributed by atoms with E-state index in [1.54, 1.807) is 148 Å². The molecule has 0 amide bonds.